The molecule has 0 radical (unpaired) electrons. The van der Waals surface area contributed by atoms with E-state index in [0.717, 1.165) is 40.3 Å². The van der Waals surface area contributed by atoms with Crippen LogP contribution in [0, 0.1) is 0 Å². The van der Waals surface area contributed by atoms with Gasteiger partial charge in [0, 0.05) is 32.3 Å². The Morgan fingerprint density at radius 1 is 1.23 bits per heavy atom. The van der Waals surface area contributed by atoms with E-state index < -0.39 is 0 Å². The van der Waals surface area contributed by atoms with Crippen LogP contribution in [0.3, 0.4) is 0 Å². The predicted octanol–water partition coefficient (Wildman–Crippen LogP) is 3.64. The molecule has 0 saturated carbocycles. The Kier molecular flexibility index (Phi) is 8.02. The summed E-state index contributed by atoms with van der Waals surface area (Å²) in [4.78, 5) is 11.5. The van der Waals surface area contributed by atoms with Crippen molar-refractivity contribution in [2.45, 2.75) is 33.0 Å². The van der Waals surface area contributed by atoms with Crippen molar-refractivity contribution in [1.82, 2.24) is 25.0 Å². The molecule has 9 heteroatoms. The maximum absolute atomic E-state index is 5.36. The molecule has 0 fully saturated rings. The van der Waals surface area contributed by atoms with Gasteiger partial charge in [-0.15, -0.1) is 11.3 Å². The standard InChI is InChI=1S/C22H30N6O2S/c1-6-23-22(27(3)14-18-15-31-21(25-18)16(2)29-4)24-13-17-11-12-28(26-17)19-7-9-20(30-5)10-8-19/h7-12,15-16H,6,13-14H2,1-5H3,(H,23,24). The molecule has 1 N–H and O–H groups in total. The molecule has 31 heavy (non-hydrogen) atoms. The molecule has 166 valence electrons. The Morgan fingerprint density at radius 3 is 2.68 bits per heavy atom. The molecule has 3 rings (SSSR count). The van der Waals surface area contributed by atoms with Gasteiger partial charge in [-0.25, -0.2) is 14.7 Å². The van der Waals surface area contributed by atoms with Crippen molar-refractivity contribution in [3.8, 4) is 11.4 Å². The van der Waals surface area contributed by atoms with E-state index in [4.69, 9.17) is 14.5 Å². The molecule has 2 aromatic heterocycles. The van der Waals surface area contributed by atoms with E-state index in [1.165, 1.54) is 0 Å². The lowest BCUT2D eigenvalue weighted by atomic mass is 10.3. The maximum atomic E-state index is 5.36. The SMILES string of the molecule is CCNC(=NCc1ccn(-c2ccc(OC)cc2)n1)N(C)Cc1csc(C(C)OC)n1. The molecule has 2 heterocycles. The number of nitrogens with zero attached hydrogens (tertiary/aromatic N) is 5. The Labute approximate surface area is 187 Å². The third-order valence-electron chi connectivity index (χ3n) is 4.74. The number of rotatable bonds is 9. The van der Waals surface area contributed by atoms with Crippen molar-refractivity contribution in [2.75, 3.05) is 27.8 Å². The van der Waals surface area contributed by atoms with Crippen LogP contribution in [-0.2, 0) is 17.8 Å². The van der Waals surface area contributed by atoms with E-state index in [-0.39, 0.29) is 6.10 Å². The first-order valence-corrected chi connectivity index (χ1v) is 11.1. The van der Waals surface area contributed by atoms with E-state index in [1.807, 2.05) is 55.2 Å². The lowest BCUT2D eigenvalue weighted by Crippen LogP contribution is -2.38. The fourth-order valence-corrected chi connectivity index (χ4v) is 3.79. The second kappa shape index (κ2) is 10.9. The number of aromatic nitrogens is 3. The van der Waals surface area contributed by atoms with Crippen molar-refractivity contribution in [3.05, 3.63) is 58.3 Å². The Bertz CT molecular complexity index is 982. The van der Waals surface area contributed by atoms with Gasteiger partial charge < -0.3 is 19.7 Å². The summed E-state index contributed by atoms with van der Waals surface area (Å²) in [5, 5.41) is 11.0. The molecule has 1 aromatic carbocycles. The fraction of sp³-hybridized carbons (Fsp3) is 0.409. The largest absolute Gasteiger partial charge is 0.497 e. The molecule has 0 aliphatic carbocycles. The minimum atomic E-state index is 0.00627. The summed E-state index contributed by atoms with van der Waals surface area (Å²) in [6.45, 7) is 6.00. The van der Waals surface area contributed by atoms with Crippen molar-refractivity contribution < 1.29 is 9.47 Å². The van der Waals surface area contributed by atoms with E-state index in [2.05, 4.69) is 32.6 Å². The molecular weight excluding hydrogens is 412 g/mol. The molecule has 0 amide bonds. The lowest BCUT2D eigenvalue weighted by molar-refractivity contribution is 0.119. The second-order valence-electron chi connectivity index (χ2n) is 7.03. The summed E-state index contributed by atoms with van der Waals surface area (Å²) in [7, 11) is 5.37. The Morgan fingerprint density at radius 2 is 2.00 bits per heavy atom. The minimum absolute atomic E-state index is 0.00627. The van der Waals surface area contributed by atoms with Crippen LogP contribution in [0.15, 0.2) is 46.9 Å². The summed E-state index contributed by atoms with van der Waals surface area (Å²) in [6, 6.07) is 9.78. The first-order chi connectivity index (χ1) is 15.0. The van der Waals surface area contributed by atoms with Crippen molar-refractivity contribution in [2.24, 2.45) is 4.99 Å². The zero-order valence-electron chi connectivity index (χ0n) is 18.7. The average molecular weight is 443 g/mol. The van der Waals surface area contributed by atoms with Crippen molar-refractivity contribution in [1.29, 1.82) is 0 Å². The van der Waals surface area contributed by atoms with E-state index in [9.17, 15) is 0 Å². The van der Waals surface area contributed by atoms with E-state index >= 15 is 0 Å². The number of thiazole rings is 1. The van der Waals surface area contributed by atoms with E-state index in [0.29, 0.717) is 13.1 Å². The van der Waals surface area contributed by atoms with Crippen LogP contribution in [0.2, 0.25) is 0 Å². The highest BCUT2D eigenvalue weighted by Crippen LogP contribution is 2.21. The molecule has 0 spiro atoms. The third-order valence-corrected chi connectivity index (χ3v) is 5.79. The number of hydrogen-bond acceptors (Lipinski definition) is 6. The number of benzene rings is 1. The van der Waals surface area contributed by atoms with Gasteiger partial charge in [0.2, 0.25) is 0 Å². The molecule has 1 unspecified atom stereocenters. The van der Waals surface area contributed by atoms with Crippen molar-refractivity contribution >= 4 is 17.3 Å². The van der Waals surface area contributed by atoms with Crippen LogP contribution >= 0.6 is 11.3 Å². The fourth-order valence-electron chi connectivity index (χ4n) is 2.95. The van der Waals surface area contributed by atoms with Crippen LogP contribution in [0.1, 0.15) is 36.3 Å². The average Bonchev–Trinajstić information content (AvgIpc) is 3.46. The molecule has 0 aliphatic heterocycles. The zero-order valence-corrected chi connectivity index (χ0v) is 19.5. The number of aliphatic imine (C=N–C) groups is 1. The Hall–Kier alpha value is -2.91. The van der Waals surface area contributed by atoms with Crippen LogP contribution in [0.5, 0.6) is 5.75 Å². The first kappa shape index (κ1) is 22.8. The van der Waals surface area contributed by atoms with Gasteiger partial charge >= 0.3 is 0 Å². The summed E-state index contributed by atoms with van der Waals surface area (Å²) in [5.41, 5.74) is 2.87. The highest BCUT2D eigenvalue weighted by atomic mass is 32.1. The zero-order chi connectivity index (χ0) is 22.2. The van der Waals surface area contributed by atoms with Gasteiger partial charge in [0.25, 0.3) is 0 Å². The predicted molar refractivity (Wildman–Crippen MR) is 124 cm³/mol. The van der Waals surface area contributed by atoms with Gasteiger partial charge in [-0.05, 0) is 44.2 Å². The molecule has 0 saturated heterocycles. The van der Waals surface area contributed by atoms with Crippen LogP contribution in [-0.4, -0.2) is 53.4 Å². The molecule has 8 nitrogen and oxygen atoms in total. The Balaban J connectivity index is 1.66. The number of methoxy groups -OCH3 is 2. The summed E-state index contributed by atoms with van der Waals surface area (Å²) in [6.07, 6.45) is 1.95. The first-order valence-electron chi connectivity index (χ1n) is 10.2. The van der Waals surface area contributed by atoms with Crippen molar-refractivity contribution in [3.63, 3.8) is 0 Å². The summed E-state index contributed by atoms with van der Waals surface area (Å²) >= 11 is 1.62. The normalized spacial score (nSPS) is 12.6. The highest BCUT2D eigenvalue weighted by molar-refractivity contribution is 7.09. The maximum Gasteiger partial charge on any atom is 0.194 e. The number of ether oxygens (including phenoxy) is 2. The van der Waals surface area contributed by atoms with Gasteiger partial charge in [-0.1, -0.05) is 0 Å². The van der Waals surface area contributed by atoms with E-state index in [1.54, 1.807) is 25.6 Å². The lowest BCUT2D eigenvalue weighted by Gasteiger charge is -2.21. The molecule has 3 aromatic rings. The van der Waals surface area contributed by atoms with Gasteiger partial charge in [0.15, 0.2) is 5.96 Å². The summed E-state index contributed by atoms with van der Waals surface area (Å²) < 4.78 is 12.4. The van der Waals surface area contributed by atoms with Gasteiger partial charge in [-0.3, -0.25) is 0 Å². The number of guanidine groups is 1. The number of hydrogen-bond donors (Lipinski definition) is 1. The molecular formula is C22H30N6O2S. The molecule has 0 bridgehead atoms. The smallest absolute Gasteiger partial charge is 0.194 e. The second-order valence-corrected chi connectivity index (χ2v) is 7.92. The quantitative estimate of drug-likeness (QED) is 0.403. The highest BCUT2D eigenvalue weighted by Gasteiger charge is 2.13. The summed E-state index contributed by atoms with van der Waals surface area (Å²) in [5.74, 6) is 1.64. The number of nitrogens with one attached hydrogen (secondary N) is 1. The van der Waals surface area contributed by atoms with Crippen LogP contribution < -0.4 is 10.1 Å². The van der Waals surface area contributed by atoms with Crippen LogP contribution in [0.4, 0.5) is 0 Å². The third kappa shape index (κ3) is 6.05. The van der Waals surface area contributed by atoms with Gasteiger partial charge in [0.05, 0.1) is 37.3 Å². The minimum Gasteiger partial charge on any atom is -0.497 e. The topological polar surface area (TPSA) is 76.8 Å². The van der Waals surface area contributed by atoms with Gasteiger partial charge in [0.1, 0.15) is 16.9 Å². The van der Waals surface area contributed by atoms with Crippen LogP contribution in [0.25, 0.3) is 5.69 Å². The molecule has 0 aliphatic rings. The molecule has 1 atom stereocenters. The monoisotopic (exact) mass is 442 g/mol. The van der Waals surface area contributed by atoms with Gasteiger partial charge in [-0.2, -0.15) is 5.10 Å².